The number of esters is 1. The van der Waals surface area contributed by atoms with Crippen LogP contribution in [0, 0.1) is 0 Å². The van der Waals surface area contributed by atoms with Gasteiger partial charge < -0.3 is 9.84 Å². The number of ether oxygens (including phenoxy) is 1. The van der Waals surface area contributed by atoms with E-state index in [1.54, 1.807) is 0 Å². The smallest absolute Gasteiger partial charge is 0.306 e. The average molecular weight is 571 g/mol. The first kappa shape index (κ1) is 38.6. The molecule has 0 aliphatic heterocycles. The van der Waals surface area contributed by atoms with Crippen LogP contribution in [0.1, 0.15) is 155 Å². The van der Waals surface area contributed by atoms with Crippen LogP contribution < -0.4 is 0 Å². The van der Waals surface area contributed by atoms with Crippen molar-refractivity contribution in [2.75, 3.05) is 0 Å². The highest BCUT2D eigenvalue weighted by Crippen LogP contribution is 2.17. The number of unbranched alkanes of at least 4 members (excludes halogenated alkanes) is 10. The Hall–Kier alpha value is -2.36. The van der Waals surface area contributed by atoms with Crippen LogP contribution in [-0.2, 0) is 14.3 Å². The van der Waals surface area contributed by atoms with Gasteiger partial charge in [-0.3, -0.25) is 9.59 Å². The second kappa shape index (κ2) is 32.2. The van der Waals surface area contributed by atoms with Gasteiger partial charge >= 0.3 is 11.9 Å². The van der Waals surface area contributed by atoms with E-state index in [1.165, 1.54) is 12.8 Å². The van der Waals surface area contributed by atoms with Gasteiger partial charge in [0.25, 0.3) is 0 Å². The molecule has 1 N–H and O–H groups in total. The Labute approximate surface area is 253 Å². The number of carboxylic acids is 1. The summed E-state index contributed by atoms with van der Waals surface area (Å²) in [6.07, 6.45) is 44.0. The fourth-order valence-electron chi connectivity index (χ4n) is 4.56. The molecule has 1 atom stereocenters. The topological polar surface area (TPSA) is 63.6 Å². The Morgan fingerprint density at radius 2 is 1.02 bits per heavy atom. The molecule has 0 aliphatic carbocycles. The first-order valence-corrected chi connectivity index (χ1v) is 16.8. The summed E-state index contributed by atoms with van der Waals surface area (Å²) in [6, 6.07) is 0. The summed E-state index contributed by atoms with van der Waals surface area (Å²) >= 11 is 0. The van der Waals surface area contributed by atoms with Gasteiger partial charge in [0, 0.05) is 12.8 Å². The monoisotopic (exact) mass is 570 g/mol. The average Bonchev–Trinajstić information content (AvgIpc) is 2.95. The molecule has 0 aromatic heterocycles. The largest absolute Gasteiger partial charge is 0.481 e. The maximum atomic E-state index is 12.4. The fourth-order valence-corrected chi connectivity index (χ4v) is 4.56. The molecule has 41 heavy (non-hydrogen) atoms. The molecule has 0 radical (unpaired) electrons. The summed E-state index contributed by atoms with van der Waals surface area (Å²) in [5.74, 6) is -0.734. The van der Waals surface area contributed by atoms with E-state index in [1.807, 2.05) is 0 Å². The van der Waals surface area contributed by atoms with Crippen LogP contribution in [-0.4, -0.2) is 23.1 Å². The van der Waals surface area contributed by atoms with E-state index in [0.29, 0.717) is 6.42 Å². The van der Waals surface area contributed by atoms with Crippen LogP contribution in [0.25, 0.3) is 0 Å². The predicted octanol–water partition coefficient (Wildman–Crippen LogP) is 11.4. The zero-order valence-electron chi connectivity index (χ0n) is 26.6. The van der Waals surface area contributed by atoms with Crippen LogP contribution in [0.3, 0.4) is 0 Å². The van der Waals surface area contributed by atoms with Gasteiger partial charge in [-0.2, -0.15) is 0 Å². The quantitative estimate of drug-likeness (QED) is 0.0552. The molecule has 0 aliphatic rings. The second-order valence-corrected chi connectivity index (χ2v) is 11.0. The lowest BCUT2D eigenvalue weighted by Gasteiger charge is -2.18. The normalized spacial score (nSPS) is 13.0. The third-order valence-corrected chi connectivity index (χ3v) is 7.00. The minimum absolute atomic E-state index is 0.0324. The SMILES string of the molecule is CC/C=C\C/C=C\C/C=C\C/C=C\C/C=C\CCCCCC(=O)OC(CCCCC)CCCCCCCCC(=O)O. The molecule has 0 saturated carbocycles. The van der Waals surface area contributed by atoms with Crippen molar-refractivity contribution in [2.45, 2.75) is 161 Å². The number of aliphatic carboxylic acids is 1. The first-order chi connectivity index (χ1) is 20.1. The Morgan fingerprint density at radius 1 is 0.561 bits per heavy atom. The van der Waals surface area contributed by atoms with E-state index in [4.69, 9.17) is 9.84 Å². The van der Waals surface area contributed by atoms with Gasteiger partial charge in [-0.05, 0) is 83.5 Å². The van der Waals surface area contributed by atoms with Crippen LogP contribution in [0.15, 0.2) is 60.8 Å². The maximum absolute atomic E-state index is 12.4. The summed E-state index contributed by atoms with van der Waals surface area (Å²) in [7, 11) is 0. The predicted molar refractivity (Wildman–Crippen MR) is 176 cm³/mol. The fraction of sp³-hybridized carbons (Fsp3) is 0.676. The Balaban J connectivity index is 3.86. The number of hydrogen-bond donors (Lipinski definition) is 1. The van der Waals surface area contributed by atoms with E-state index >= 15 is 0 Å². The Kier molecular flexibility index (Phi) is 30.3. The van der Waals surface area contributed by atoms with E-state index in [9.17, 15) is 9.59 Å². The van der Waals surface area contributed by atoms with Gasteiger partial charge in [0.05, 0.1) is 0 Å². The van der Waals surface area contributed by atoms with E-state index in [2.05, 4.69) is 74.6 Å². The van der Waals surface area contributed by atoms with Crippen molar-refractivity contribution in [1.82, 2.24) is 0 Å². The lowest BCUT2D eigenvalue weighted by atomic mass is 10.0. The lowest BCUT2D eigenvalue weighted by Crippen LogP contribution is -2.18. The number of carbonyl (C=O) groups excluding carboxylic acids is 1. The van der Waals surface area contributed by atoms with Crippen LogP contribution >= 0.6 is 0 Å². The number of hydrogen-bond acceptors (Lipinski definition) is 3. The molecule has 1 unspecified atom stereocenters. The van der Waals surface area contributed by atoms with Gasteiger partial charge in [0.15, 0.2) is 0 Å². The third-order valence-electron chi connectivity index (χ3n) is 7.00. The zero-order valence-corrected chi connectivity index (χ0v) is 26.6. The molecule has 0 saturated heterocycles. The number of rotatable bonds is 29. The molecule has 0 heterocycles. The van der Waals surface area contributed by atoms with Crippen molar-refractivity contribution in [1.29, 1.82) is 0 Å². The summed E-state index contributed by atoms with van der Waals surface area (Å²) in [5, 5.41) is 8.71. The van der Waals surface area contributed by atoms with Crippen molar-refractivity contribution < 1.29 is 19.4 Å². The lowest BCUT2D eigenvalue weighted by molar-refractivity contribution is -0.150. The molecule has 0 fully saturated rings. The molecular formula is C37H62O4. The highest BCUT2D eigenvalue weighted by molar-refractivity contribution is 5.69. The summed E-state index contributed by atoms with van der Waals surface area (Å²) in [5.41, 5.74) is 0. The maximum Gasteiger partial charge on any atom is 0.306 e. The standard InChI is InChI=1S/C37H62O4/c1-3-5-7-8-9-10-11-12-13-14-15-16-17-18-19-20-21-26-30-34-37(40)41-35(31-27-6-4-2)32-28-24-22-23-25-29-33-36(38)39/h5,7,9-10,12-13,15-16,18-19,35H,3-4,6,8,11,14,17,20-34H2,1-2H3,(H,38,39)/b7-5-,10-9-,13-12-,16-15-,19-18-. The Morgan fingerprint density at radius 3 is 1.59 bits per heavy atom. The minimum atomic E-state index is -0.702. The molecule has 4 nitrogen and oxygen atoms in total. The molecule has 0 rings (SSSR count). The van der Waals surface area contributed by atoms with Crippen LogP contribution in [0.2, 0.25) is 0 Å². The summed E-state index contributed by atoms with van der Waals surface area (Å²) in [4.78, 5) is 23.0. The highest BCUT2D eigenvalue weighted by Gasteiger charge is 2.14. The van der Waals surface area contributed by atoms with E-state index in [0.717, 1.165) is 116 Å². The van der Waals surface area contributed by atoms with Crippen molar-refractivity contribution in [3.05, 3.63) is 60.8 Å². The summed E-state index contributed by atoms with van der Waals surface area (Å²) < 4.78 is 5.87. The third kappa shape index (κ3) is 32.0. The molecule has 0 amide bonds. The van der Waals surface area contributed by atoms with Gasteiger partial charge in [-0.1, -0.05) is 120 Å². The molecule has 0 aromatic carbocycles. The molecular weight excluding hydrogens is 508 g/mol. The van der Waals surface area contributed by atoms with Crippen molar-refractivity contribution in [2.24, 2.45) is 0 Å². The molecule has 0 spiro atoms. The van der Waals surface area contributed by atoms with Gasteiger partial charge in [0.1, 0.15) is 6.10 Å². The van der Waals surface area contributed by atoms with Crippen molar-refractivity contribution in [3.8, 4) is 0 Å². The Bertz CT molecular complexity index is 744. The first-order valence-electron chi connectivity index (χ1n) is 16.8. The number of carbonyl (C=O) groups is 2. The minimum Gasteiger partial charge on any atom is -0.481 e. The van der Waals surface area contributed by atoms with Gasteiger partial charge in [-0.25, -0.2) is 0 Å². The number of allylic oxidation sites excluding steroid dienone is 10. The number of carboxylic acid groups (broad SMARTS) is 1. The molecule has 4 heteroatoms. The second-order valence-electron chi connectivity index (χ2n) is 11.0. The summed E-state index contributed by atoms with van der Waals surface area (Å²) in [6.45, 7) is 4.36. The van der Waals surface area contributed by atoms with Gasteiger partial charge in [-0.15, -0.1) is 0 Å². The molecule has 0 aromatic rings. The van der Waals surface area contributed by atoms with Crippen molar-refractivity contribution >= 4 is 11.9 Å². The zero-order chi connectivity index (χ0) is 30.1. The van der Waals surface area contributed by atoms with Gasteiger partial charge in [0.2, 0.25) is 0 Å². The van der Waals surface area contributed by atoms with Crippen LogP contribution in [0.4, 0.5) is 0 Å². The molecule has 0 bridgehead atoms. The van der Waals surface area contributed by atoms with Crippen molar-refractivity contribution in [3.63, 3.8) is 0 Å². The van der Waals surface area contributed by atoms with E-state index < -0.39 is 5.97 Å². The van der Waals surface area contributed by atoms with E-state index in [-0.39, 0.29) is 18.5 Å². The molecule has 234 valence electrons. The van der Waals surface area contributed by atoms with Crippen LogP contribution in [0.5, 0.6) is 0 Å². The highest BCUT2D eigenvalue weighted by atomic mass is 16.5.